The standard InChI is InChI=1S/C11H14F3N3O2/c12-6-4-7(15)8(5-9(6)19-11(13)14)17-3-1-2-10(16)18/h4-5,11,17H,1-3,15H2,(H2,16,18). The minimum Gasteiger partial charge on any atom is -0.432 e. The molecule has 0 bridgehead atoms. The van der Waals surface area contributed by atoms with E-state index in [-0.39, 0.29) is 17.8 Å². The van der Waals surface area contributed by atoms with Crippen LogP contribution in [0.25, 0.3) is 0 Å². The Morgan fingerprint density at radius 1 is 1.42 bits per heavy atom. The highest BCUT2D eigenvalue weighted by Crippen LogP contribution is 2.29. The van der Waals surface area contributed by atoms with Crippen LogP contribution in [0.4, 0.5) is 24.5 Å². The molecule has 0 aliphatic heterocycles. The molecule has 0 heterocycles. The van der Waals surface area contributed by atoms with Crippen LogP contribution >= 0.6 is 0 Å². The highest BCUT2D eigenvalue weighted by Gasteiger charge is 2.13. The van der Waals surface area contributed by atoms with E-state index in [1.165, 1.54) is 0 Å². The van der Waals surface area contributed by atoms with Crippen molar-refractivity contribution in [1.82, 2.24) is 0 Å². The van der Waals surface area contributed by atoms with Crippen LogP contribution in [0.5, 0.6) is 5.75 Å². The van der Waals surface area contributed by atoms with Gasteiger partial charge in [0.25, 0.3) is 0 Å². The zero-order chi connectivity index (χ0) is 14.4. The number of nitrogens with two attached hydrogens (primary N) is 2. The van der Waals surface area contributed by atoms with Gasteiger partial charge in [-0.05, 0) is 6.42 Å². The Balaban J connectivity index is 2.69. The van der Waals surface area contributed by atoms with E-state index in [2.05, 4.69) is 10.1 Å². The van der Waals surface area contributed by atoms with Gasteiger partial charge in [0.15, 0.2) is 11.6 Å². The molecule has 0 unspecified atom stereocenters. The van der Waals surface area contributed by atoms with Gasteiger partial charge in [0.05, 0.1) is 11.4 Å². The van der Waals surface area contributed by atoms with Crippen LogP contribution in [0.1, 0.15) is 12.8 Å². The molecule has 0 saturated carbocycles. The third-order valence-electron chi connectivity index (χ3n) is 2.24. The van der Waals surface area contributed by atoms with Gasteiger partial charge in [-0.2, -0.15) is 8.78 Å². The quantitative estimate of drug-likeness (QED) is 0.522. The van der Waals surface area contributed by atoms with Gasteiger partial charge < -0.3 is 21.5 Å². The van der Waals surface area contributed by atoms with Gasteiger partial charge in [-0.15, -0.1) is 0 Å². The van der Waals surface area contributed by atoms with E-state index in [9.17, 15) is 18.0 Å². The zero-order valence-electron chi connectivity index (χ0n) is 9.96. The van der Waals surface area contributed by atoms with Crippen LogP contribution in [-0.4, -0.2) is 19.1 Å². The molecule has 5 N–H and O–H groups in total. The first-order valence-electron chi connectivity index (χ1n) is 5.46. The summed E-state index contributed by atoms with van der Waals surface area (Å²) < 4.78 is 41.3. The zero-order valence-corrected chi connectivity index (χ0v) is 9.96. The molecule has 19 heavy (non-hydrogen) atoms. The number of rotatable bonds is 7. The lowest BCUT2D eigenvalue weighted by atomic mass is 10.2. The molecule has 5 nitrogen and oxygen atoms in total. The summed E-state index contributed by atoms with van der Waals surface area (Å²) >= 11 is 0. The third kappa shape index (κ3) is 4.94. The second kappa shape index (κ2) is 6.72. The lowest BCUT2D eigenvalue weighted by Gasteiger charge is -2.12. The number of hydrogen-bond donors (Lipinski definition) is 3. The minimum absolute atomic E-state index is 0.0539. The summed E-state index contributed by atoms with van der Waals surface area (Å²) in [5.41, 5.74) is 10.8. The van der Waals surface area contributed by atoms with Crippen LogP contribution in [-0.2, 0) is 4.79 Å². The van der Waals surface area contributed by atoms with Gasteiger partial charge in [-0.25, -0.2) is 4.39 Å². The molecule has 0 fully saturated rings. The molecule has 0 aromatic heterocycles. The summed E-state index contributed by atoms with van der Waals surface area (Å²) in [6, 6.07) is 1.93. The number of primary amides is 1. The average Bonchev–Trinajstić information content (AvgIpc) is 2.29. The van der Waals surface area contributed by atoms with Crippen LogP contribution in [0, 0.1) is 5.82 Å². The minimum atomic E-state index is -3.12. The normalized spacial score (nSPS) is 10.5. The molecule has 0 aliphatic rings. The van der Waals surface area contributed by atoms with Gasteiger partial charge in [0.1, 0.15) is 0 Å². The molecule has 0 atom stereocenters. The molecule has 1 aromatic rings. The molecular formula is C11H14F3N3O2. The summed E-state index contributed by atoms with van der Waals surface area (Å²) in [7, 11) is 0. The maximum atomic E-state index is 13.3. The fourth-order valence-corrected chi connectivity index (χ4v) is 1.39. The molecule has 1 aromatic carbocycles. The lowest BCUT2D eigenvalue weighted by Crippen LogP contribution is -2.13. The number of carbonyl (C=O) groups excluding carboxylic acids is 1. The molecule has 0 spiro atoms. The largest absolute Gasteiger partial charge is 0.432 e. The number of nitrogen functional groups attached to an aromatic ring is 1. The van der Waals surface area contributed by atoms with E-state index < -0.39 is 24.1 Å². The maximum absolute atomic E-state index is 13.3. The molecule has 1 amide bonds. The van der Waals surface area contributed by atoms with E-state index in [0.717, 1.165) is 12.1 Å². The van der Waals surface area contributed by atoms with Crippen molar-refractivity contribution in [2.24, 2.45) is 5.73 Å². The van der Waals surface area contributed by atoms with Crippen molar-refractivity contribution in [3.63, 3.8) is 0 Å². The molecule has 1 rings (SSSR count). The van der Waals surface area contributed by atoms with Crippen molar-refractivity contribution in [2.75, 3.05) is 17.6 Å². The van der Waals surface area contributed by atoms with Crippen LogP contribution < -0.4 is 21.5 Å². The summed E-state index contributed by atoms with van der Waals surface area (Å²) in [6.45, 7) is -2.78. The topological polar surface area (TPSA) is 90.4 Å². The second-order valence-electron chi connectivity index (χ2n) is 3.75. The van der Waals surface area contributed by atoms with Gasteiger partial charge in [0.2, 0.25) is 5.91 Å². The number of hydrogen-bond acceptors (Lipinski definition) is 4. The maximum Gasteiger partial charge on any atom is 0.387 e. The molecule has 0 aliphatic carbocycles. The van der Waals surface area contributed by atoms with E-state index >= 15 is 0 Å². The van der Waals surface area contributed by atoms with Gasteiger partial charge in [-0.1, -0.05) is 0 Å². The van der Waals surface area contributed by atoms with E-state index in [0.29, 0.717) is 13.0 Å². The fourth-order valence-electron chi connectivity index (χ4n) is 1.39. The van der Waals surface area contributed by atoms with Gasteiger partial charge in [-0.3, -0.25) is 4.79 Å². The molecule has 0 saturated heterocycles. The summed E-state index contributed by atoms with van der Waals surface area (Å²) in [5.74, 6) is -2.02. The Morgan fingerprint density at radius 3 is 2.68 bits per heavy atom. The number of benzene rings is 1. The Bertz CT molecular complexity index is 455. The predicted octanol–water partition coefficient (Wildman–Crippen LogP) is 1.69. The predicted molar refractivity (Wildman–Crippen MR) is 64.4 cm³/mol. The molecular weight excluding hydrogens is 263 g/mol. The van der Waals surface area contributed by atoms with Crippen molar-refractivity contribution >= 4 is 17.3 Å². The Labute approximate surface area is 107 Å². The highest BCUT2D eigenvalue weighted by molar-refractivity contribution is 5.73. The highest BCUT2D eigenvalue weighted by atomic mass is 19.3. The second-order valence-corrected chi connectivity index (χ2v) is 3.75. The van der Waals surface area contributed by atoms with Crippen molar-refractivity contribution in [3.05, 3.63) is 17.9 Å². The first-order chi connectivity index (χ1) is 8.90. The van der Waals surface area contributed by atoms with E-state index in [1.54, 1.807) is 0 Å². The summed E-state index contributed by atoms with van der Waals surface area (Å²) in [4.78, 5) is 10.5. The number of anilines is 2. The lowest BCUT2D eigenvalue weighted by molar-refractivity contribution is -0.118. The monoisotopic (exact) mass is 277 g/mol. The van der Waals surface area contributed by atoms with Gasteiger partial charge >= 0.3 is 6.61 Å². The molecule has 106 valence electrons. The number of alkyl halides is 2. The number of nitrogens with one attached hydrogen (secondary N) is 1. The van der Waals surface area contributed by atoms with Crippen molar-refractivity contribution in [1.29, 1.82) is 0 Å². The van der Waals surface area contributed by atoms with Crippen molar-refractivity contribution in [3.8, 4) is 5.75 Å². The van der Waals surface area contributed by atoms with Crippen LogP contribution in [0.3, 0.4) is 0 Å². The summed E-state index contributed by atoms with van der Waals surface area (Å²) in [6.07, 6.45) is 0.617. The number of halogens is 3. The Kier molecular flexibility index (Phi) is 5.28. The van der Waals surface area contributed by atoms with Crippen LogP contribution in [0.2, 0.25) is 0 Å². The average molecular weight is 277 g/mol. The fraction of sp³-hybridized carbons (Fsp3) is 0.364. The van der Waals surface area contributed by atoms with Crippen molar-refractivity contribution < 1.29 is 22.7 Å². The number of ether oxygens (including phenoxy) is 1. The first kappa shape index (κ1) is 14.9. The van der Waals surface area contributed by atoms with Crippen molar-refractivity contribution in [2.45, 2.75) is 19.5 Å². The Hall–Kier alpha value is -2.12. The van der Waals surface area contributed by atoms with Gasteiger partial charge in [0, 0.05) is 25.1 Å². The number of carbonyl (C=O) groups is 1. The third-order valence-corrected chi connectivity index (χ3v) is 2.24. The van der Waals surface area contributed by atoms with Crippen LogP contribution in [0.15, 0.2) is 12.1 Å². The first-order valence-corrected chi connectivity index (χ1v) is 5.46. The smallest absolute Gasteiger partial charge is 0.387 e. The summed E-state index contributed by atoms with van der Waals surface area (Å²) in [5, 5.41) is 2.78. The SMILES string of the molecule is NC(=O)CCCNc1cc(OC(F)F)c(F)cc1N. The Morgan fingerprint density at radius 2 is 2.11 bits per heavy atom. The molecule has 0 radical (unpaired) electrons. The van der Waals surface area contributed by atoms with E-state index in [4.69, 9.17) is 11.5 Å². The molecule has 8 heteroatoms. The number of amides is 1. The van der Waals surface area contributed by atoms with E-state index in [1.807, 2.05) is 0 Å².